The zero-order valence-corrected chi connectivity index (χ0v) is 11.3. The number of aromatic nitrogens is 1. The van der Waals surface area contributed by atoms with Crippen LogP contribution in [0.3, 0.4) is 0 Å². The number of hydrogen-bond donors (Lipinski definition) is 1. The number of benzene rings is 1. The molecule has 0 atom stereocenters. The maximum atomic E-state index is 13.6. The summed E-state index contributed by atoms with van der Waals surface area (Å²) < 4.78 is 19.0. The van der Waals surface area contributed by atoms with Crippen molar-refractivity contribution < 1.29 is 19.0 Å². The summed E-state index contributed by atoms with van der Waals surface area (Å²) in [6, 6.07) is 7.31. The molecule has 1 aromatic heterocycles. The number of carboxylic acid groups (broad SMARTS) is 1. The van der Waals surface area contributed by atoms with E-state index in [1.807, 2.05) is 6.07 Å². The molecule has 0 aliphatic rings. The third-order valence-electron chi connectivity index (χ3n) is 2.82. The number of aromatic carboxylic acids is 1. The summed E-state index contributed by atoms with van der Waals surface area (Å²) in [4.78, 5) is 15.2. The van der Waals surface area contributed by atoms with E-state index >= 15 is 0 Å². The Hall–Kier alpha value is -2.94. The molecule has 0 aliphatic heterocycles. The summed E-state index contributed by atoms with van der Waals surface area (Å²) in [5.41, 5.74) is 0.839. The molecule has 0 saturated carbocycles. The SMILES string of the molecule is Cc1cc(C)c(C#N)c(Oc2cccc(F)c2C(=O)O)n1. The number of rotatable bonds is 3. The van der Waals surface area contributed by atoms with Gasteiger partial charge in [0.15, 0.2) is 0 Å². The quantitative estimate of drug-likeness (QED) is 0.936. The van der Waals surface area contributed by atoms with Gasteiger partial charge in [0.25, 0.3) is 0 Å². The van der Waals surface area contributed by atoms with Crippen molar-refractivity contribution in [2.45, 2.75) is 13.8 Å². The van der Waals surface area contributed by atoms with Gasteiger partial charge < -0.3 is 9.84 Å². The van der Waals surface area contributed by atoms with Crippen molar-refractivity contribution in [3.05, 3.63) is 52.5 Å². The summed E-state index contributed by atoms with van der Waals surface area (Å²) in [5.74, 6) is -2.60. The van der Waals surface area contributed by atoms with Crippen LogP contribution in [0, 0.1) is 31.0 Å². The zero-order chi connectivity index (χ0) is 15.6. The Morgan fingerprint density at radius 2 is 2.14 bits per heavy atom. The average Bonchev–Trinajstić information content (AvgIpc) is 2.37. The van der Waals surface area contributed by atoms with Crippen LogP contribution in [0.5, 0.6) is 11.6 Å². The molecular formula is C15H11FN2O3. The number of carboxylic acids is 1. The molecule has 0 radical (unpaired) electrons. The highest BCUT2D eigenvalue weighted by Gasteiger charge is 2.19. The number of carbonyl (C=O) groups is 1. The first-order valence-electron chi connectivity index (χ1n) is 6.02. The van der Waals surface area contributed by atoms with Crippen molar-refractivity contribution in [2.24, 2.45) is 0 Å². The molecule has 6 heteroatoms. The van der Waals surface area contributed by atoms with Crippen LogP contribution in [0.15, 0.2) is 24.3 Å². The molecule has 0 amide bonds. The molecule has 0 spiro atoms. The second-order valence-electron chi connectivity index (χ2n) is 4.39. The van der Waals surface area contributed by atoms with Gasteiger partial charge >= 0.3 is 5.97 Å². The number of nitriles is 1. The van der Waals surface area contributed by atoms with E-state index in [4.69, 9.17) is 15.1 Å². The highest BCUT2D eigenvalue weighted by atomic mass is 19.1. The minimum absolute atomic E-state index is 0.0388. The Labute approximate surface area is 120 Å². The Bertz CT molecular complexity index is 766. The van der Waals surface area contributed by atoms with Crippen molar-refractivity contribution >= 4 is 5.97 Å². The largest absolute Gasteiger partial charge is 0.477 e. The van der Waals surface area contributed by atoms with Gasteiger partial charge in [-0.3, -0.25) is 0 Å². The van der Waals surface area contributed by atoms with Gasteiger partial charge in [-0.25, -0.2) is 14.2 Å². The fourth-order valence-electron chi connectivity index (χ4n) is 1.91. The molecule has 5 nitrogen and oxygen atoms in total. The molecule has 2 aromatic rings. The van der Waals surface area contributed by atoms with Gasteiger partial charge in [-0.2, -0.15) is 5.26 Å². The molecular weight excluding hydrogens is 275 g/mol. The molecule has 0 fully saturated rings. The van der Waals surface area contributed by atoms with Crippen LogP contribution in [0.1, 0.15) is 27.2 Å². The highest BCUT2D eigenvalue weighted by Crippen LogP contribution is 2.29. The van der Waals surface area contributed by atoms with Gasteiger partial charge in [0.05, 0.1) is 0 Å². The van der Waals surface area contributed by atoms with Gasteiger partial charge in [-0.1, -0.05) is 6.07 Å². The average molecular weight is 286 g/mol. The summed E-state index contributed by atoms with van der Waals surface area (Å²) in [6.45, 7) is 3.43. The minimum Gasteiger partial charge on any atom is -0.477 e. The van der Waals surface area contributed by atoms with Crippen LogP contribution in [-0.4, -0.2) is 16.1 Å². The van der Waals surface area contributed by atoms with E-state index in [9.17, 15) is 9.18 Å². The molecule has 0 aliphatic carbocycles. The second kappa shape index (κ2) is 5.59. The first kappa shape index (κ1) is 14.5. The third-order valence-corrected chi connectivity index (χ3v) is 2.82. The van der Waals surface area contributed by atoms with Gasteiger partial charge in [0.2, 0.25) is 5.88 Å². The van der Waals surface area contributed by atoms with Crippen LogP contribution >= 0.6 is 0 Å². The molecule has 0 saturated heterocycles. The number of halogens is 1. The van der Waals surface area contributed by atoms with E-state index in [2.05, 4.69) is 4.98 Å². The Morgan fingerprint density at radius 3 is 2.76 bits per heavy atom. The van der Waals surface area contributed by atoms with E-state index < -0.39 is 17.3 Å². The van der Waals surface area contributed by atoms with Crippen molar-refractivity contribution in [3.63, 3.8) is 0 Å². The van der Waals surface area contributed by atoms with Crippen molar-refractivity contribution in [2.75, 3.05) is 0 Å². The second-order valence-corrected chi connectivity index (χ2v) is 4.39. The van der Waals surface area contributed by atoms with Crippen molar-refractivity contribution in [3.8, 4) is 17.7 Å². The number of ether oxygens (including phenoxy) is 1. The van der Waals surface area contributed by atoms with Crippen LogP contribution in [0.4, 0.5) is 4.39 Å². The predicted molar refractivity (Wildman–Crippen MR) is 71.9 cm³/mol. The van der Waals surface area contributed by atoms with Crippen LogP contribution in [0.2, 0.25) is 0 Å². The summed E-state index contributed by atoms with van der Waals surface area (Å²) in [7, 11) is 0. The Morgan fingerprint density at radius 1 is 1.43 bits per heavy atom. The van der Waals surface area contributed by atoms with E-state index in [0.717, 1.165) is 6.07 Å². The number of hydrogen-bond acceptors (Lipinski definition) is 4. The van der Waals surface area contributed by atoms with Gasteiger partial charge in [0, 0.05) is 5.69 Å². The molecule has 2 rings (SSSR count). The lowest BCUT2D eigenvalue weighted by atomic mass is 10.1. The number of nitrogens with zero attached hydrogens (tertiary/aromatic N) is 2. The molecule has 1 aromatic carbocycles. The van der Waals surface area contributed by atoms with E-state index in [1.165, 1.54) is 12.1 Å². The van der Waals surface area contributed by atoms with E-state index in [-0.39, 0.29) is 17.2 Å². The fraction of sp³-hybridized carbons (Fsp3) is 0.133. The lowest BCUT2D eigenvalue weighted by Crippen LogP contribution is -2.05. The van der Waals surface area contributed by atoms with Gasteiger partial charge in [-0.05, 0) is 37.6 Å². The molecule has 106 valence electrons. The van der Waals surface area contributed by atoms with Gasteiger partial charge in [0.1, 0.15) is 28.8 Å². The van der Waals surface area contributed by atoms with E-state index in [1.54, 1.807) is 19.9 Å². The molecule has 21 heavy (non-hydrogen) atoms. The first-order chi connectivity index (χ1) is 9.93. The Kier molecular flexibility index (Phi) is 3.85. The number of aryl methyl sites for hydroxylation is 2. The smallest absolute Gasteiger partial charge is 0.342 e. The maximum Gasteiger partial charge on any atom is 0.342 e. The van der Waals surface area contributed by atoms with Crippen LogP contribution < -0.4 is 4.74 Å². The molecule has 1 N–H and O–H groups in total. The maximum absolute atomic E-state index is 13.6. The molecule has 0 bridgehead atoms. The zero-order valence-electron chi connectivity index (χ0n) is 11.3. The summed E-state index contributed by atoms with van der Waals surface area (Å²) in [6.07, 6.45) is 0. The summed E-state index contributed by atoms with van der Waals surface area (Å²) in [5, 5.41) is 18.2. The number of pyridine rings is 1. The lowest BCUT2D eigenvalue weighted by Gasteiger charge is -2.11. The van der Waals surface area contributed by atoms with Crippen LogP contribution in [-0.2, 0) is 0 Å². The minimum atomic E-state index is -1.45. The monoisotopic (exact) mass is 286 g/mol. The lowest BCUT2D eigenvalue weighted by molar-refractivity contribution is 0.0689. The fourth-order valence-corrected chi connectivity index (χ4v) is 1.91. The van der Waals surface area contributed by atoms with Gasteiger partial charge in [-0.15, -0.1) is 0 Å². The van der Waals surface area contributed by atoms with E-state index in [0.29, 0.717) is 11.3 Å². The van der Waals surface area contributed by atoms with Crippen LogP contribution in [0.25, 0.3) is 0 Å². The normalized spacial score (nSPS) is 10.0. The predicted octanol–water partition coefficient (Wildman–Crippen LogP) is 3.20. The molecule has 0 unspecified atom stereocenters. The Balaban J connectivity index is 2.57. The highest BCUT2D eigenvalue weighted by molar-refractivity contribution is 5.91. The first-order valence-corrected chi connectivity index (χ1v) is 6.02. The third kappa shape index (κ3) is 2.82. The topological polar surface area (TPSA) is 83.2 Å². The van der Waals surface area contributed by atoms with Crippen molar-refractivity contribution in [1.82, 2.24) is 4.98 Å². The standard InChI is InChI=1S/C15H11FN2O3/c1-8-6-9(2)18-14(10(8)7-17)21-12-5-3-4-11(16)13(12)15(19)20/h3-6H,1-2H3,(H,19,20). The van der Waals surface area contributed by atoms with Crippen molar-refractivity contribution in [1.29, 1.82) is 5.26 Å². The molecule has 1 heterocycles. The summed E-state index contributed by atoms with van der Waals surface area (Å²) >= 11 is 0.